The van der Waals surface area contributed by atoms with Crippen molar-refractivity contribution in [2.24, 2.45) is 5.73 Å². The number of fused-ring (bicyclic) bond motifs is 3. The van der Waals surface area contributed by atoms with Crippen LogP contribution in [0.4, 0.5) is 10.5 Å². The molecule has 5 rings (SSSR count). The third-order valence-corrected chi connectivity index (χ3v) is 6.73. The lowest BCUT2D eigenvalue weighted by Crippen LogP contribution is -2.66. The highest BCUT2D eigenvalue weighted by Gasteiger charge is 2.58. The standard InChI is InChI=1S/C25H26N4O3/c26-24(32)28-15-25(16-28)20-10-3-4-11-22(20)29(23(25)31)14-21-19(9-5-6-12-30)18-8-2-1-7-17(18)13-27-21/h1-4,7-8,10-11,13,30H,5-6,9,12,14-16H2,(H2,26,32). The SMILES string of the molecule is NC(=O)N1CC2(C1)C(=O)N(Cc1ncc3ccccc3c1CCCCO)c1ccccc12. The summed E-state index contributed by atoms with van der Waals surface area (Å²) in [6.07, 6.45) is 4.22. The van der Waals surface area contributed by atoms with E-state index in [4.69, 9.17) is 10.7 Å². The molecule has 0 aliphatic carbocycles. The number of aliphatic hydroxyl groups excluding tert-OH is 1. The van der Waals surface area contributed by atoms with E-state index in [1.54, 1.807) is 4.90 Å². The Morgan fingerprint density at radius 1 is 1.09 bits per heavy atom. The zero-order valence-electron chi connectivity index (χ0n) is 17.8. The number of likely N-dealkylation sites (tertiary alicyclic amines) is 1. The monoisotopic (exact) mass is 430 g/mol. The Morgan fingerprint density at radius 3 is 2.62 bits per heavy atom. The van der Waals surface area contributed by atoms with Crippen molar-refractivity contribution in [1.29, 1.82) is 0 Å². The van der Waals surface area contributed by atoms with Gasteiger partial charge in [0, 0.05) is 37.0 Å². The molecule has 7 heteroatoms. The van der Waals surface area contributed by atoms with E-state index in [-0.39, 0.29) is 12.5 Å². The summed E-state index contributed by atoms with van der Waals surface area (Å²) >= 11 is 0. The molecule has 1 spiro atoms. The van der Waals surface area contributed by atoms with Crippen LogP contribution in [0, 0.1) is 0 Å². The van der Waals surface area contributed by atoms with Gasteiger partial charge in [0.1, 0.15) is 5.41 Å². The quantitative estimate of drug-likeness (QED) is 0.587. The predicted molar refractivity (Wildman–Crippen MR) is 122 cm³/mol. The second-order valence-electron chi connectivity index (χ2n) is 8.64. The molecule has 164 valence electrons. The number of carbonyl (C=O) groups is 2. The molecule has 32 heavy (non-hydrogen) atoms. The minimum atomic E-state index is -0.723. The van der Waals surface area contributed by atoms with E-state index in [9.17, 15) is 14.7 Å². The number of primary amides is 1. The zero-order chi connectivity index (χ0) is 22.3. The molecule has 0 radical (unpaired) electrons. The number of aromatic nitrogens is 1. The van der Waals surface area contributed by atoms with Crippen molar-refractivity contribution in [3.8, 4) is 0 Å². The molecule has 0 unspecified atom stereocenters. The maximum Gasteiger partial charge on any atom is 0.314 e. The average molecular weight is 431 g/mol. The summed E-state index contributed by atoms with van der Waals surface area (Å²) in [7, 11) is 0. The van der Waals surface area contributed by atoms with E-state index in [0.717, 1.165) is 52.5 Å². The molecule has 2 aliphatic rings. The van der Waals surface area contributed by atoms with E-state index in [2.05, 4.69) is 6.07 Å². The number of para-hydroxylation sites is 1. The fraction of sp³-hybridized carbons (Fsp3) is 0.320. The van der Waals surface area contributed by atoms with Crippen LogP contribution in [0.5, 0.6) is 0 Å². The maximum absolute atomic E-state index is 13.7. The molecule has 7 nitrogen and oxygen atoms in total. The van der Waals surface area contributed by atoms with E-state index < -0.39 is 11.4 Å². The van der Waals surface area contributed by atoms with Gasteiger partial charge in [-0.05, 0) is 41.8 Å². The summed E-state index contributed by atoms with van der Waals surface area (Å²) < 4.78 is 0. The van der Waals surface area contributed by atoms with Crippen LogP contribution < -0.4 is 10.6 Å². The van der Waals surface area contributed by atoms with Gasteiger partial charge in [0.05, 0.1) is 12.2 Å². The number of hydrogen-bond donors (Lipinski definition) is 2. The molecule has 0 saturated carbocycles. The second kappa shape index (κ2) is 7.91. The van der Waals surface area contributed by atoms with Crippen LogP contribution in [0.15, 0.2) is 54.7 Å². The minimum absolute atomic E-state index is 0.00698. The summed E-state index contributed by atoms with van der Waals surface area (Å²) in [4.78, 5) is 33.3. The third kappa shape index (κ3) is 3.12. The lowest BCUT2D eigenvalue weighted by Gasteiger charge is -2.45. The van der Waals surface area contributed by atoms with Gasteiger partial charge in [-0.2, -0.15) is 0 Å². The zero-order valence-corrected chi connectivity index (χ0v) is 17.8. The smallest absolute Gasteiger partial charge is 0.314 e. The molecular formula is C25H26N4O3. The van der Waals surface area contributed by atoms with Gasteiger partial charge in [-0.15, -0.1) is 0 Å². The topological polar surface area (TPSA) is 99.8 Å². The normalized spacial score (nSPS) is 16.5. The van der Waals surface area contributed by atoms with E-state index in [1.165, 1.54) is 4.90 Å². The highest BCUT2D eigenvalue weighted by atomic mass is 16.3. The maximum atomic E-state index is 13.7. The second-order valence-corrected chi connectivity index (χ2v) is 8.64. The highest BCUT2D eigenvalue weighted by Crippen LogP contribution is 2.47. The molecule has 3 amide bonds. The van der Waals surface area contributed by atoms with Crippen molar-refractivity contribution in [2.45, 2.75) is 31.2 Å². The number of aryl methyl sites for hydroxylation is 1. The first-order chi connectivity index (χ1) is 15.5. The van der Waals surface area contributed by atoms with Gasteiger partial charge >= 0.3 is 6.03 Å². The molecule has 1 fully saturated rings. The fourth-order valence-corrected chi connectivity index (χ4v) is 5.06. The molecule has 3 heterocycles. The fourth-order valence-electron chi connectivity index (χ4n) is 5.06. The summed E-state index contributed by atoms with van der Waals surface area (Å²) in [5, 5.41) is 11.4. The third-order valence-electron chi connectivity index (χ3n) is 6.73. The average Bonchev–Trinajstić information content (AvgIpc) is 3.02. The van der Waals surface area contributed by atoms with Crippen molar-refractivity contribution < 1.29 is 14.7 Å². The number of aliphatic hydroxyl groups is 1. The number of nitrogens with two attached hydrogens (primary N) is 1. The molecular weight excluding hydrogens is 404 g/mol. The number of nitrogens with zero attached hydrogens (tertiary/aromatic N) is 3. The van der Waals surface area contributed by atoms with E-state index in [0.29, 0.717) is 19.6 Å². The Hall–Kier alpha value is -3.45. The first-order valence-electron chi connectivity index (χ1n) is 11.0. The van der Waals surface area contributed by atoms with Crippen molar-refractivity contribution in [3.05, 3.63) is 71.5 Å². The molecule has 0 atom stereocenters. The largest absolute Gasteiger partial charge is 0.396 e. The van der Waals surface area contributed by atoms with Crippen LogP contribution in [0.25, 0.3) is 10.8 Å². The summed E-state index contributed by atoms with van der Waals surface area (Å²) in [5.41, 5.74) is 8.53. The predicted octanol–water partition coefficient (Wildman–Crippen LogP) is 2.73. The lowest BCUT2D eigenvalue weighted by molar-refractivity contribution is -0.127. The number of urea groups is 1. The highest BCUT2D eigenvalue weighted by molar-refractivity contribution is 6.10. The Morgan fingerprint density at radius 2 is 1.84 bits per heavy atom. The number of unbranched alkanes of at least 4 members (excludes halogenated alkanes) is 1. The Bertz CT molecular complexity index is 1200. The molecule has 3 aromatic rings. The Balaban J connectivity index is 1.52. The van der Waals surface area contributed by atoms with Crippen molar-refractivity contribution in [1.82, 2.24) is 9.88 Å². The van der Waals surface area contributed by atoms with Gasteiger partial charge in [0.25, 0.3) is 0 Å². The van der Waals surface area contributed by atoms with Crippen LogP contribution >= 0.6 is 0 Å². The Labute approximate surface area is 186 Å². The van der Waals surface area contributed by atoms with Gasteiger partial charge in [-0.1, -0.05) is 42.5 Å². The number of amides is 3. The van der Waals surface area contributed by atoms with Crippen LogP contribution in [0.3, 0.4) is 0 Å². The van der Waals surface area contributed by atoms with Crippen molar-refractivity contribution in [3.63, 3.8) is 0 Å². The number of benzene rings is 2. The number of pyridine rings is 1. The number of rotatable bonds is 6. The molecule has 2 aromatic carbocycles. The van der Waals surface area contributed by atoms with Gasteiger partial charge in [0.15, 0.2) is 0 Å². The van der Waals surface area contributed by atoms with Crippen LogP contribution in [0.2, 0.25) is 0 Å². The number of hydrogen-bond acceptors (Lipinski definition) is 4. The molecule has 0 bridgehead atoms. The molecule has 2 aliphatic heterocycles. The summed E-state index contributed by atoms with van der Waals surface area (Å²) in [6, 6.07) is 15.4. The summed E-state index contributed by atoms with van der Waals surface area (Å²) in [6.45, 7) is 1.14. The van der Waals surface area contributed by atoms with Crippen LogP contribution in [-0.2, 0) is 23.2 Å². The van der Waals surface area contributed by atoms with Crippen molar-refractivity contribution >= 4 is 28.4 Å². The lowest BCUT2D eigenvalue weighted by atomic mass is 9.75. The minimum Gasteiger partial charge on any atom is -0.396 e. The van der Waals surface area contributed by atoms with Crippen molar-refractivity contribution in [2.75, 3.05) is 24.6 Å². The first kappa shape index (κ1) is 20.5. The Kier molecular flexibility index (Phi) is 5.06. The van der Waals surface area contributed by atoms with Gasteiger partial charge in [-0.3, -0.25) is 9.78 Å². The van der Waals surface area contributed by atoms with Gasteiger partial charge in [-0.25, -0.2) is 4.79 Å². The van der Waals surface area contributed by atoms with Gasteiger partial charge < -0.3 is 20.6 Å². The van der Waals surface area contributed by atoms with Crippen LogP contribution in [0.1, 0.15) is 29.7 Å². The first-order valence-corrected chi connectivity index (χ1v) is 11.0. The summed E-state index contributed by atoms with van der Waals surface area (Å²) in [5.74, 6) is -0.00698. The van der Waals surface area contributed by atoms with Gasteiger partial charge in [0.2, 0.25) is 5.91 Å². The van der Waals surface area contributed by atoms with E-state index in [1.807, 2.05) is 48.7 Å². The number of carbonyl (C=O) groups excluding carboxylic acids is 2. The molecule has 1 saturated heterocycles. The van der Waals surface area contributed by atoms with Crippen LogP contribution in [-0.4, -0.2) is 46.6 Å². The number of anilines is 1. The molecule has 3 N–H and O–H groups in total. The van der Waals surface area contributed by atoms with E-state index >= 15 is 0 Å². The molecule has 1 aromatic heterocycles.